The molecule has 3 N–H and O–H groups in total. The SMILES string of the molecule is CCC(CC)N(CCO)c1nc(N)nc(OC)n1. The summed E-state index contributed by atoms with van der Waals surface area (Å²) >= 11 is 0. The van der Waals surface area contributed by atoms with Crippen molar-refractivity contribution in [2.24, 2.45) is 0 Å². The van der Waals surface area contributed by atoms with Crippen molar-refractivity contribution >= 4 is 11.9 Å². The molecule has 0 spiro atoms. The van der Waals surface area contributed by atoms with Crippen LogP contribution in [0.4, 0.5) is 11.9 Å². The van der Waals surface area contributed by atoms with E-state index in [1.807, 2.05) is 4.90 Å². The number of aliphatic hydroxyl groups excluding tert-OH is 1. The minimum Gasteiger partial charge on any atom is -0.467 e. The molecule has 0 bridgehead atoms. The molecule has 0 aliphatic heterocycles. The number of aromatic nitrogens is 3. The van der Waals surface area contributed by atoms with Crippen molar-refractivity contribution in [3.05, 3.63) is 0 Å². The van der Waals surface area contributed by atoms with E-state index in [0.29, 0.717) is 12.5 Å². The lowest BCUT2D eigenvalue weighted by Crippen LogP contribution is -2.38. The van der Waals surface area contributed by atoms with E-state index in [2.05, 4.69) is 28.8 Å². The third-order valence-electron chi connectivity index (χ3n) is 2.78. The summed E-state index contributed by atoms with van der Waals surface area (Å²) in [5.74, 6) is 0.563. The van der Waals surface area contributed by atoms with Gasteiger partial charge < -0.3 is 20.5 Å². The molecule has 0 amide bonds. The van der Waals surface area contributed by atoms with Crippen molar-refractivity contribution in [1.29, 1.82) is 0 Å². The lowest BCUT2D eigenvalue weighted by atomic mass is 10.1. The third-order valence-corrected chi connectivity index (χ3v) is 2.78. The molecule has 0 aliphatic rings. The molecule has 0 atom stereocenters. The third kappa shape index (κ3) is 3.43. The Hall–Kier alpha value is -1.63. The molecule has 0 saturated heterocycles. The van der Waals surface area contributed by atoms with Crippen molar-refractivity contribution in [2.45, 2.75) is 32.7 Å². The molecule has 0 fully saturated rings. The summed E-state index contributed by atoms with van der Waals surface area (Å²) in [5.41, 5.74) is 5.62. The highest BCUT2D eigenvalue weighted by Gasteiger charge is 2.19. The number of aliphatic hydroxyl groups is 1. The Labute approximate surface area is 107 Å². The Balaban J connectivity index is 3.07. The zero-order valence-corrected chi connectivity index (χ0v) is 11.1. The number of rotatable bonds is 7. The Morgan fingerprint density at radius 1 is 1.28 bits per heavy atom. The van der Waals surface area contributed by atoms with E-state index in [4.69, 9.17) is 15.6 Å². The summed E-state index contributed by atoms with van der Waals surface area (Å²) in [7, 11) is 1.48. The highest BCUT2D eigenvalue weighted by Crippen LogP contribution is 2.18. The maximum atomic E-state index is 9.16. The summed E-state index contributed by atoms with van der Waals surface area (Å²) in [6.45, 7) is 4.66. The molecule has 1 rings (SSSR count). The van der Waals surface area contributed by atoms with Gasteiger partial charge in [0.25, 0.3) is 0 Å². The lowest BCUT2D eigenvalue weighted by molar-refractivity contribution is 0.294. The fourth-order valence-corrected chi connectivity index (χ4v) is 1.86. The van der Waals surface area contributed by atoms with Crippen LogP contribution in [-0.2, 0) is 0 Å². The highest BCUT2D eigenvalue weighted by molar-refractivity contribution is 5.37. The van der Waals surface area contributed by atoms with E-state index in [1.54, 1.807) is 0 Å². The van der Waals surface area contributed by atoms with Crippen LogP contribution in [0.25, 0.3) is 0 Å². The molecule has 7 heteroatoms. The van der Waals surface area contributed by atoms with Crippen LogP contribution in [0.15, 0.2) is 0 Å². The minimum absolute atomic E-state index is 0.0321. The van der Waals surface area contributed by atoms with Gasteiger partial charge in [-0.15, -0.1) is 0 Å². The van der Waals surface area contributed by atoms with Crippen LogP contribution in [0.1, 0.15) is 26.7 Å². The molecule has 0 unspecified atom stereocenters. The van der Waals surface area contributed by atoms with E-state index in [1.165, 1.54) is 7.11 Å². The standard InChI is InChI=1S/C11H21N5O2/c1-4-8(5-2)16(6-7-17)10-13-9(12)14-11(15-10)18-3/h8,17H,4-7H2,1-3H3,(H2,12,13,14,15). The average molecular weight is 255 g/mol. The number of nitrogens with zero attached hydrogens (tertiary/aromatic N) is 4. The number of methoxy groups -OCH3 is 1. The van der Waals surface area contributed by atoms with E-state index in [-0.39, 0.29) is 24.6 Å². The molecule has 0 radical (unpaired) electrons. The van der Waals surface area contributed by atoms with Crippen LogP contribution in [0.3, 0.4) is 0 Å². The zero-order valence-electron chi connectivity index (χ0n) is 11.1. The van der Waals surface area contributed by atoms with Gasteiger partial charge in [-0.1, -0.05) is 13.8 Å². The van der Waals surface area contributed by atoms with Crippen LogP contribution in [0, 0.1) is 0 Å². The predicted molar refractivity (Wildman–Crippen MR) is 69.6 cm³/mol. The number of hydrogen-bond acceptors (Lipinski definition) is 7. The largest absolute Gasteiger partial charge is 0.467 e. The van der Waals surface area contributed by atoms with Crippen LogP contribution >= 0.6 is 0 Å². The smallest absolute Gasteiger partial charge is 0.322 e. The summed E-state index contributed by atoms with van der Waals surface area (Å²) < 4.78 is 4.98. The fraction of sp³-hybridized carbons (Fsp3) is 0.727. The molecule has 102 valence electrons. The van der Waals surface area contributed by atoms with Gasteiger partial charge in [0.2, 0.25) is 11.9 Å². The first-order valence-electron chi connectivity index (χ1n) is 6.09. The summed E-state index contributed by atoms with van der Waals surface area (Å²) in [4.78, 5) is 14.1. The molecular formula is C11H21N5O2. The summed E-state index contributed by atoms with van der Waals surface area (Å²) in [6.07, 6.45) is 1.87. The maximum absolute atomic E-state index is 9.16. The zero-order chi connectivity index (χ0) is 13.5. The number of hydrogen-bond donors (Lipinski definition) is 2. The van der Waals surface area contributed by atoms with E-state index < -0.39 is 0 Å². The van der Waals surface area contributed by atoms with E-state index in [9.17, 15) is 0 Å². The second-order valence-electron chi connectivity index (χ2n) is 3.87. The quantitative estimate of drug-likeness (QED) is 0.730. The molecule has 1 aromatic rings. The van der Waals surface area contributed by atoms with Crippen LogP contribution in [0.2, 0.25) is 0 Å². The Kier molecular flexibility index (Phi) is 5.57. The van der Waals surface area contributed by atoms with Gasteiger partial charge in [-0.05, 0) is 12.8 Å². The van der Waals surface area contributed by atoms with Gasteiger partial charge in [0.05, 0.1) is 13.7 Å². The number of nitrogen functional groups attached to an aromatic ring is 1. The lowest BCUT2D eigenvalue weighted by Gasteiger charge is -2.29. The normalized spacial score (nSPS) is 10.7. The van der Waals surface area contributed by atoms with Gasteiger partial charge in [0.1, 0.15) is 0 Å². The first-order chi connectivity index (χ1) is 8.65. The van der Waals surface area contributed by atoms with Gasteiger partial charge in [0.15, 0.2) is 0 Å². The van der Waals surface area contributed by atoms with Crippen LogP contribution in [0.5, 0.6) is 6.01 Å². The van der Waals surface area contributed by atoms with Gasteiger partial charge in [-0.3, -0.25) is 0 Å². The van der Waals surface area contributed by atoms with E-state index >= 15 is 0 Å². The molecule has 0 aromatic carbocycles. The van der Waals surface area contributed by atoms with Gasteiger partial charge in [-0.2, -0.15) is 15.0 Å². The number of ether oxygens (including phenoxy) is 1. The first-order valence-corrected chi connectivity index (χ1v) is 6.09. The molecule has 1 aromatic heterocycles. The van der Waals surface area contributed by atoms with Crippen molar-refractivity contribution in [1.82, 2.24) is 15.0 Å². The molecular weight excluding hydrogens is 234 g/mol. The van der Waals surface area contributed by atoms with Crippen molar-refractivity contribution in [2.75, 3.05) is 30.9 Å². The van der Waals surface area contributed by atoms with E-state index in [0.717, 1.165) is 12.8 Å². The maximum Gasteiger partial charge on any atom is 0.322 e. The average Bonchev–Trinajstić information content (AvgIpc) is 2.38. The second-order valence-corrected chi connectivity index (χ2v) is 3.87. The number of nitrogens with two attached hydrogens (primary N) is 1. The van der Waals surface area contributed by atoms with Gasteiger partial charge in [0, 0.05) is 12.6 Å². The number of anilines is 2. The molecule has 1 heterocycles. The summed E-state index contributed by atoms with van der Waals surface area (Å²) in [6, 6.07) is 0.440. The van der Waals surface area contributed by atoms with Crippen LogP contribution < -0.4 is 15.4 Å². The van der Waals surface area contributed by atoms with Crippen molar-refractivity contribution in [3.8, 4) is 6.01 Å². The van der Waals surface area contributed by atoms with Gasteiger partial charge >= 0.3 is 6.01 Å². The topological polar surface area (TPSA) is 97.4 Å². The minimum atomic E-state index is 0.0321. The Bertz CT molecular complexity index is 370. The molecule has 18 heavy (non-hydrogen) atoms. The molecule has 0 aliphatic carbocycles. The van der Waals surface area contributed by atoms with Crippen molar-refractivity contribution < 1.29 is 9.84 Å². The highest BCUT2D eigenvalue weighted by atomic mass is 16.5. The second kappa shape index (κ2) is 6.95. The van der Waals surface area contributed by atoms with Gasteiger partial charge in [-0.25, -0.2) is 0 Å². The predicted octanol–water partition coefficient (Wildman–Crippen LogP) is 0.450. The van der Waals surface area contributed by atoms with Crippen molar-refractivity contribution in [3.63, 3.8) is 0 Å². The first kappa shape index (κ1) is 14.4. The summed E-state index contributed by atoms with van der Waals surface area (Å²) in [5, 5.41) is 9.16. The van der Waals surface area contributed by atoms with Crippen LogP contribution in [-0.4, -0.2) is 46.4 Å². The monoisotopic (exact) mass is 255 g/mol. The fourth-order valence-electron chi connectivity index (χ4n) is 1.86. The Morgan fingerprint density at radius 3 is 2.44 bits per heavy atom. The Morgan fingerprint density at radius 2 is 1.94 bits per heavy atom. The molecule has 7 nitrogen and oxygen atoms in total. The molecule has 0 saturated carbocycles.